The van der Waals surface area contributed by atoms with E-state index in [-0.39, 0.29) is 12.7 Å². The van der Waals surface area contributed by atoms with Crippen molar-refractivity contribution >= 4 is 17.3 Å². The van der Waals surface area contributed by atoms with Gasteiger partial charge in [-0.2, -0.15) is 0 Å². The van der Waals surface area contributed by atoms with Crippen molar-refractivity contribution in [1.29, 1.82) is 0 Å². The second-order valence-corrected chi connectivity index (χ2v) is 9.11. The second kappa shape index (κ2) is 12.7. The Bertz CT molecular complexity index is 1090. The smallest absolute Gasteiger partial charge is 0.145 e. The Morgan fingerprint density at radius 2 is 1.83 bits per heavy atom. The van der Waals surface area contributed by atoms with Gasteiger partial charge in [-0.1, -0.05) is 59.2 Å². The van der Waals surface area contributed by atoms with E-state index in [1.807, 2.05) is 78.9 Å². The predicted octanol–water partition coefficient (Wildman–Crippen LogP) is 4.92. The van der Waals surface area contributed by atoms with Crippen LogP contribution in [0.1, 0.15) is 23.1 Å². The minimum atomic E-state index is -0.638. The fourth-order valence-electron chi connectivity index (χ4n) is 4.10. The van der Waals surface area contributed by atoms with Crippen LogP contribution in [0.25, 0.3) is 0 Å². The standard InChI is InChI=1S/C28H31ClN2O4/c1-33-26-12-10-23(11-13-26)28-15-27(35-30-28)18-31(16-22-8-5-9-24(29)14-22)17-25(32)20-34-19-21-6-3-2-4-7-21/h2-14,25,27,32H,15-20H2,1H3/t25-,27-/m1/s1. The molecule has 0 bridgehead atoms. The maximum Gasteiger partial charge on any atom is 0.145 e. The van der Waals surface area contributed by atoms with Crippen molar-refractivity contribution in [3.8, 4) is 5.75 Å². The van der Waals surface area contributed by atoms with Crippen LogP contribution in [0.5, 0.6) is 5.75 Å². The van der Waals surface area contributed by atoms with E-state index in [0.29, 0.717) is 37.7 Å². The number of methoxy groups -OCH3 is 1. The largest absolute Gasteiger partial charge is 0.497 e. The molecule has 3 aromatic carbocycles. The van der Waals surface area contributed by atoms with Crippen LogP contribution in [0.3, 0.4) is 0 Å². The molecule has 7 heteroatoms. The van der Waals surface area contributed by atoms with Crippen LogP contribution in [0.15, 0.2) is 84.0 Å². The summed E-state index contributed by atoms with van der Waals surface area (Å²) in [6.07, 6.45) is -0.0519. The first kappa shape index (κ1) is 25.2. The SMILES string of the molecule is COc1ccc(C2=NO[C@@H](CN(Cc3cccc(Cl)c3)C[C@@H](O)COCc3ccccc3)C2)cc1. The first-order chi connectivity index (χ1) is 17.1. The highest BCUT2D eigenvalue weighted by molar-refractivity contribution is 6.30. The van der Waals surface area contributed by atoms with Crippen LogP contribution in [-0.2, 0) is 22.7 Å². The number of halogens is 1. The van der Waals surface area contributed by atoms with E-state index in [9.17, 15) is 5.11 Å². The highest BCUT2D eigenvalue weighted by atomic mass is 35.5. The molecule has 0 radical (unpaired) electrons. The Labute approximate surface area is 211 Å². The van der Waals surface area contributed by atoms with Gasteiger partial charge in [0.2, 0.25) is 0 Å². The Hall–Kier alpha value is -2.90. The summed E-state index contributed by atoms with van der Waals surface area (Å²) in [7, 11) is 1.65. The Morgan fingerprint density at radius 1 is 1.06 bits per heavy atom. The number of aliphatic hydroxyl groups is 1. The number of benzene rings is 3. The Morgan fingerprint density at radius 3 is 2.57 bits per heavy atom. The van der Waals surface area contributed by atoms with Gasteiger partial charge in [0.05, 0.1) is 32.1 Å². The van der Waals surface area contributed by atoms with Crippen molar-refractivity contribution in [3.05, 3.63) is 101 Å². The van der Waals surface area contributed by atoms with Gasteiger partial charge < -0.3 is 19.4 Å². The highest BCUT2D eigenvalue weighted by Gasteiger charge is 2.26. The molecule has 0 fully saturated rings. The maximum atomic E-state index is 10.7. The predicted molar refractivity (Wildman–Crippen MR) is 138 cm³/mol. The van der Waals surface area contributed by atoms with Gasteiger partial charge in [-0.05, 0) is 53.1 Å². The number of rotatable bonds is 12. The summed E-state index contributed by atoms with van der Waals surface area (Å²) < 4.78 is 11.0. The third-order valence-corrected chi connectivity index (χ3v) is 6.04. The number of aliphatic hydroxyl groups excluding tert-OH is 1. The van der Waals surface area contributed by atoms with Gasteiger partial charge >= 0.3 is 0 Å². The summed E-state index contributed by atoms with van der Waals surface area (Å²) in [6, 6.07) is 25.5. The molecule has 6 nitrogen and oxygen atoms in total. The summed E-state index contributed by atoms with van der Waals surface area (Å²) in [6.45, 7) is 2.41. The van der Waals surface area contributed by atoms with Gasteiger partial charge in [-0.15, -0.1) is 0 Å². The Kier molecular flexibility index (Phi) is 9.15. The van der Waals surface area contributed by atoms with Crippen LogP contribution >= 0.6 is 11.6 Å². The summed E-state index contributed by atoms with van der Waals surface area (Å²) in [5.41, 5.74) is 4.08. The van der Waals surface area contributed by atoms with Crippen LogP contribution in [0, 0.1) is 0 Å². The zero-order chi connectivity index (χ0) is 24.5. The molecule has 0 amide bonds. The molecule has 0 spiro atoms. The monoisotopic (exact) mass is 494 g/mol. The minimum Gasteiger partial charge on any atom is -0.497 e. The van der Waals surface area contributed by atoms with E-state index in [1.165, 1.54) is 0 Å². The van der Waals surface area contributed by atoms with Crippen molar-refractivity contribution in [3.63, 3.8) is 0 Å². The lowest BCUT2D eigenvalue weighted by Crippen LogP contribution is -2.39. The van der Waals surface area contributed by atoms with Crippen LogP contribution in [-0.4, -0.2) is 54.7 Å². The normalized spacial score (nSPS) is 16.1. The minimum absolute atomic E-state index is 0.108. The summed E-state index contributed by atoms with van der Waals surface area (Å²) in [5.74, 6) is 0.806. The first-order valence-corrected chi connectivity index (χ1v) is 12.1. The number of hydrogen-bond donors (Lipinski definition) is 1. The van der Waals surface area contributed by atoms with Crippen molar-refractivity contribution in [2.24, 2.45) is 5.16 Å². The van der Waals surface area contributed by atoms with Crippen molar-refractivity contribution in [2.75, 3.05) is 26.8 Å². The number of oxime groups is 1. The van der Waals surface area contributed by atoms with Gasteiger partial charge in [0, 0.05) is 31.1 Å². The van der Waals surface area contributed by atoms with Gasteiger partial charge in [-0.3, -0.25) is 4.90 Å². The molecule has 0 aromatic heterocycles. The third kappa shape index (κ3) is 7.80. The lowest BCUT2D eigenvalue weighted by atomic mass is 10.0. The molecule has 35 heavy (non-hydrogen) atoms. The number of hydrogen-bond acceptors (Lipinski definition) is 6. The van der Waals surface area contributed by atoms with Crippen LogP contribution < -0.4 is 4.74 Å². The van der Waals surface area contributed by atoms with Crippen molar-refractivity contribution in [2.45, 2.75) is 31.8 Å². The molecule has 184 valence electrons. The molecule has 3 aromatic rings. The van der Waals surface area contributed by atoms with E-state index >= 15 is 0 Å². The van der Waals surface area contributed by atoms with E-state index in [0.717, 1.165) is 28.2 Å². The molecule has 0 unspecified atom stereocenters. The topological polar surface area (TPSA) is 63.5 Å². The molecular weight excluding hydrogens is 464 g/mol. The van der Waals surface area contributed by atoms with Gasteiger partial charge in [0.1, 0.15) is 11.9 Å². The summed E-state index contributed by atoms with van der Waals surface area (Å²) in [5, 5.41) is 15.7. The van der Waals surface area contributed by atoms with E-state index in [4.69, 9.17) is 25.9 Å². The lowest BCUT2D eigenvalue weighted by molar-refractivity contribution is -0.00648. The molecule has 0 saturated heterocycles. The molecule has 1 aliphatic rings. The third-order valence-electron chi connectivity index (χ3n) is 5.80. The van der Waals surface area contributed by atoms with Crippen LogP contribution in [0.2, 0.25) is 5.02 Å². The molecular formula is C28H31ClN2O4. The fourth-order valence-corrected chi connectivity index (χ4v) is 4.32. The molecule has 0 saturated carbocycles. The van der Waals surface area contributed by atoms with Gasteiger partial charge in [0.15, 0.2) is 0 Å². The summed E-state index contributed by atoms with van der Waals surface area (Å²) in [4.78, 5) is 7.93. The zero-order valence-corrected chi connectivity index (χ0v) is 20.6. The molecule has 2 atom stereocenters. The van der Waals surface area contributed by atoms with E-state index in [2.05, 4.69) is 10.1 Å². The van der Waals surface area contributed by atoms with Crippen molar-refractivity contribution in [1.82, 2.24) is 4.90 Å². The second-order valence-electron chi connectivity index (χ2n) is 8.68. The molecule has 0 aliphatic carbocycles. The average molecular weight is 495 g/mol. The molecule has 4 rings (SSSR count). The molecule has 1 N–H and O–H groups in total. The van der Waals surface area contributed by atoms with Crippen molar-refractivity contribution < 1.29 is 19.4 Å². The number of nitrogens with zero attached hydrogens (tertiary/aromatic N) is 2. The fraction of sp³-hybridized carbons (Fsp3) is 0.321. The highest BCUT2D eigenvalue weighted by Crippen LogP contribution is 2.21. The summed E-state index contributed by atoms with van der Waals surface area (Å²) >= 11 is 6.20. The van der Waals surface area contributed by atoms with Gasteiger partial charge in [-0.25, -0.2) is 0 Å². The first-order valence-electron chi connectivity index (χ1n) is 11.7. The van der Waals surface area contributed by atoms with Crippen LogP contribution in [0.4, 0.5) is 0 Å². The van der Waals surface area contributed by atoms with E-state index < -0.39 is 6.10 Å². The Balaban J connectivity index is 1.34. The van der Waals surface area contributed by atoms with Gasteiger partial charge in [0.25, 0.3) is 0 Å². The molecule has 1 heterocycles. The van der Waals surface area contributed by atoms with E-state index in [1.54, 1.807) is 7.11 Å². The maximum absolute atomic E-state index is 10.7. The number of ether oxygens (including phenoxy) is 2. The zero-order valence-electron chi connectivity index (χ0n) is 19.8. The molecule has 1 aliphatic heterocycles. The quantitative estimate of drug-likeness (QED) is 0.387. The lowest BCUT2D eigenvalue weighted by Gasteiger charge is -2.27. The average Bonchev–Trinajstić information content (AvgIpc) is 3.33.